The van der Waals surface area contributed by atoms with Crippen LogP contribution in [0, 0.1) is 0 Å². The first-order chi connectivity index (χ1) is 9.54. The molecule has 0 heterocycles. The van der Waals surface area contributed by atoms with Crippen molar-refractivity contribution in [2.75, 3.05) is 41.5 Å². The van der Waals surface area contributed by atoms with E-state index in [0.29, 0.717) is 30.2 Å². The van der Waals surface area contributed by atoms with Gasteiger partial charge in [-0.1, -0.05) is 22.0 Å². The second-order valence-electron chi connectivity index (χ2n) is 4.28. The number of benzene rings is 1. The third-order valence-electron chi connectivity index (χ3n) is 2.81. The number of alkyl halides is 1. The van der Waals surface area contributed by atoms with E-state index in [1.807, 2.05) is 0 Å². The Morgan fingerprint density at radius 2 is 1.80 bits per heavy atom. The van der Waals surface area contributed by atoms with Crippen molar-refractivity contribution in [3.05, 3.63) is 23.8 Å². The van der Waals surface area contributed by atoms with Gasteiger partial charge in [0, 0.05) is 20.7 Å². The van der Waals surface area contributed by atoms with Crippen LogP contribution in [0.15, 0.2) is 18.2 Å². The molecule has 0 saturated carbocycles. The molecule has 112 valence electrons. The maximum Gasteiger partial charge on any atom is 0.261 e. The van der Waals surface area contributed by atoms with E-state index in [-0.39, 0.29) is 10.7 Å². The van der Waals surface area contributed by atoms with Crippen LogP contribution in [0.2, 0.25) is 0 Å². The highest BCUT2D eigenvalue weighted by molar-refractivity contribution is 9.09. The average Bonchev–Trinajstić information content (AvgIpc) is 2.45. The molecule has 6 heteroatoms. The highest BCUT2D eigenvalue weighted by Crippen LogP contribution is 2.29. The number of carbonyl (C=O) groups excluding carboxylic acids is 1. The molecular formula is C14H20BrNO4. The Kier molecular flexibility index (Phi) is 6.81. The zero-order chi connectivity index (χ0) is 15.1. The fourth-order valence-electron chi connectivity index (χ4n) is 1.87. The Morgan fingerprint density at radius 3 is 2.25 bits per heavy atom. The predicted molar refractivity (Wildman–Crippen MR) is 81.1 cm³/mol. The van der Waals surface area contributed by atoms with Gasteiger partial charge in [-0.25, -0.2) is 0 Å². The summed E-state index contributed by atoms with van der Waals surface area (Å²) in [5, 5.41) is 0. The Labute approximate surface area is 127 Å². The predicted octanol–water partition coefficient (Wildman–Crippen LogP) is 2.19. The summed E-state index contributed by atoms with van der Waals surface area (Å²) in [6, 6.07) is 5.27. The number of nitrogens with zero attached hydrogens (tertiary/aromatic N) is 1. The zero-order valence-electron chi connectivity index (χ0n) is 12.2. The molecule has 0 aliphatic rings. The van der Waals surface area contributed by atoms with E-state index in [9.17, 15) is 4.79 Å². The molecule has 1 aromatic rings. The lowest BCUT2D eigenvalue weighted by Gasteiger charge is -2.22. The first-order valence-electron chi connectivity index (χ1n) is 6.14. The van der Waals surface area contributed by atoms with E-state index in [0.717, 1.165) is 0 Å². The van der Waals surface area contributed by atoms with Crippen molar-refractivity contribution in [1.82, 2.24) is 4.90 Å². The van der Waals surface area contributed by atoms with Crippen molar-refractivity contribution in [2.45, 2.75) is 4.83 Å². The van der Waals surface area contributed by atoms with Crippen molar-refractivity contribution < 1.29 is 19.0 Å². The first-order valence-corrected chi connectivity index (χ1v) is 7.06. The van der Waals surface area contributed by atoms with E-state index in [2.05, 4.69) is 15.9 Å². The molecule has 0 radical (unpaired) electrons. The first kappa shape index (κ1) is 16.8. The summed E-state index contributed by atoms with van der Waals surface area (Å²) < 4.78 is 15.5. The summed E-state index contributed by atoms with van der Waals surface area (Å²) in [4.78, 5) is 14.2. The van der Waals surface area contributed by atoms with Gasteiger partial charge in [0.05, 0.1) is 25.7 Å². The van der Waals surface area contributed by atoms with Crippen molar-refractivity contribution in [2.24, 2.45) is 0 Å². The quantitative estimate of drug-likeness (QED) is 0.710. The lowest BCUT2D eigenvalue weighted by molar-refractivity contribution is 0.0777. The molecule has 0 aromatic heterocycles. The molecule has 1 atom stereocenters. The van der Waals surface area contributed by atoms with Gasteiger partial charge in [-0.3, -0.25) is 4.79 Å². The van der Waals surface area contributed by atoms with Crippen molar-refractivity contribution >= 4 is 21.8 Å². The molecule has 1 unspecified atom stereocenters. The summed E-state index contributed by atoms with van der Waals surface area (Å²) in [5.74, 6) is 0.845. The van der Waals surface area contributed by atoms with Crippen molar-refractivity contribution in [3.8, 4) is 11.5 Å². The number of carbonyl (C=O) groups is 1. The smallest absolute Gasteiger partial charge is 0.261 e. The van der Waals surface area contributed by atoms with Gasteiger partial charge in [0.15, 0.2) is 0 Å². The van der Waals surface area contributed by atoms with Crippen molar-refractivity contribution in [1.29, 1.82) is 0 Å². The summed E-state index contributed by atoms with van der Waals surface area (Å²) in [6.45, 7) is 1.05. The zero-order valence-corrected chi connectivity index (χ0v) is 13.8. The molecule has 20 heavy (non-hydrogen) atoms. The van der Waals surface area contributed by atoms with Crippen LogP contribution in [0.5, 0.6) is 11.5 Å². The molecule has 5 nitrogen and oxygen atoms in total. The molecule has 0 aliphatic carbocycles. The second kappa shape index (κ2) is 8.11. The van der Waals surface area contributed by atoms with Crippen LogP contribution in [-0.2, 0) is 4.74 Å². The van der Waals surface area contributed by atoms with Gasteiger partial charge in [-0.05, 0) is 12.1 Å². The number of hydrogen-bond acceptors (Lipinski definition) is 4. The molecule has 0 fully saturated rings. The maximum atomic E-state index is 12.5. The van der Waals surface area contributed by atoms with Crippen LogP contribution in [0.1, 0.15) is 10.4 Å². The maximum absolute atomic E-state index is 12.5. The van der Waals surface area contributed by atoms with E-state index in [1.54, 1.807) is 37.3 Å². The number of rotatable bonds is 7. The minimum Gasteiger partial charge on any atom is -0.496 e. The van der Waals surface area contributed by atoms with Gasteiger partial charge < -0.3 is 19.1 Å². The average molecular weight is 346 g/mol. The van der Waals surface area contributed by atoms with E-state index >= 15 is 0 Å². The molecule has 1 rings (SSSR count). The Hall–Kier alpha value is -1.27. The van der Waals surface area contributed by atoms with E-state index in [4.69, 9.17) is 14.2 Å². The Morgan fingerprint density at radius 1 is 1.25 bits per heavy atom. The number of methoxy groups -OCH3 is 3. The summed E-state index contributed by atoms with van der Waals surface area (Å²) in [7, 11) is 6.42. The summed E-state index contributed by atoms with van der Waals surface area (Å²) in [6.07, 6.45) is 0. The lowest BCUT2D eigenvalue weighted by Crippen LogP contribution is -2.34. The van der Waals surface area contributed by atoms with E-state index < -0.39 is 0 Å². The minimum atomic E-state index is -0.153. The summed E-state index contributed by atoms with van der Waals surface area (Å²) >= 11 is 3.47. The standard InChI is InChI=1S/C14H20BrNO4/c1-16(8-10(15)9-18-2)14(17)13-11(19-3)6-5-7-12(13)20-4/h5-7,10H,8-9H2,1-4H3. The molecule has 0 N–H and O–H groups in total. The van der Waals surface area contributed by atoms with E-state index in [1.165, 1.54) is 14.2 Å². The van der Waals surface area contributed by atoms with Gasteiger partial charge >= 0.3 is 0 Å². The fourth-order valence-corrected chi connectivity index (χ4v) is 2.57. The number of ether oxygens (including phenoxy) is 3. The Bertz CT molecular complexity index is 431. The molecule has 1 aromatic carbocycles. The second-order valence-corrected chi connectivity index (χ2v) is 5.57. The lowest BCUT2D eigenvalue weighted by atomic mass is 10.1. The molecule has 1 amide bonds. The number of hydrogen-bond donors (Lipinski definition) is 0. The van der Waals surface area contributed by atoms with Gasteiger partial charge in [-0.15, -0.1) is 0 Å². The molecule has 0 aliphatic heterocycles. The third kappa shape index (κ3) is 4.11. The van der Waals surface area contributed by atoms with Crippen LogP contribution in [0.4, 0.5) is 0 Å². The third-order valence-corrected chi connectivity index (χ3v) is 3.36. The monoisotopic (exact) mass is 345 g/mol. The topological polar surface area (TPSA) is 48.0 Å². The van der Waals surface area contributed by atoms with Gasteiger partial charge in [0.1, 0.15) is 17.1 Å². The minimum absolute atomic E-state index is 0.0714. The van der Waals surface area contributed by atoms with Gasteiger partial charge in [-0.2, -0.15) is 0 Å². The molecule has 0 saturated heterocycles. The number of amides is 1. The highest BCUT2D eigenvalue weighted by atomic mass is 79.9. The molecule has 0 spiro atoms. The van der Waals surface area contributed by atoms with Crippen LogP contribution in [-0.4, -0.2) is 57.2 Å². The van der Waals surface area contributed by atoms with Crippen LogP contribution in [0.25, 0.3) is 0 Å². The van der Waals surface area contributed by atoms with Gasteiger partial charge in [0.25, 0.3) is 5.91 Å². The fraction of sp³-hybridized carbons (Fsp3) is 0.500. The Balaban J connectivity index is 2.96. The summed E-state index contributed by atoms with van der Waals surface area (Å²) in [5.41, 5.74) is 0.428. The van der Waals surface area contributed by atoms with Crippen molar-refractivity contribution in [3.63, 3.8) is 0 Å². The van der Waals surface area contributed by atoms with Gasteiger partial charge in [0.2, 0.25) is 0 Å². The molecular weight excluding hydrogens is 326 g/mol. The number of halogens is 1. The van der Waals surface area contributed by atoms with Crippen LogP contribution >= 0.6 is 15.9 Å². The largest absolute Gasteiger partial charge is 0.496 e. The van der Waals surface area contributed by atoms with Crippen LogP contribution in [0.3, 0.4) is 0 Å². The molecule has 0 bridgehead atoms. The SMILES string of the molecule is COCC(Br)CN(C)C(=O)c1c(OC)cccc1OC. The highest BCUT2D eigenvalue weighted by Gasteiger charge is 2.22. The normalized spacial score (nSPS) is 11.8. The van der Waals surface area contributed by atoms with Crippen LogP contribution < -0.4 is 9.47 Å².